The summed E-state index contributed by atoms with van der Waals surface area (Å²) in [5.74, 6) is 0.741. The van der Waals surface area contributed by atoms with Gasteiger partial charge in [0.25, 0.3) is 5.91 Å². The molecular formula is C23H23ClN4O4. The Bertz CT molecular complexity index is 1110. The Morgan fingerprint density at radius 3 is 2.72 bits per heavy atom. The van der Waals surface area contributed by atoms with Crippen LogP contribution >= 0.6 is 11.6 Å². The molecule has 8 nitrogen and oxygen atoms in total. The molecule has 0 spiro atoms. The van der Waals surface area contributed by atoms with Crippen molar-refractivity contribution in [1.29, 1.82) is 5.41 Å². The summed E-state index contributed by atoms with van der Waals surface area (Å²) >= 11 is 5.93. The van der Waals surface area contributed by atoms with Gasteiger partial charge in [-0.25, -0.2) is 4.98 Å². The van der Waals surface area contributed by atoms with Gasteiger partial charge >= 0.3 is 0 Å². The largest absolute Gasteiger partial charge is 0.493 e. The summed E-state index contributed by atoms with van der Waals surface area (Å²) < 4.78 is 11.1. The molecule has 1 aliphatic rings. The lowest BCUT2D eigenvalue weighted by Gasteiger charge is -2.19. The first-order chi connectivity index (χ1) is 15.5. The van der Waals surface area contributed by atoms with Gasteiger partial charge in [0, 0.05) is 11.1 Å². The quantitative estimate of drug-likeness (QED) is 0.332. The Kier molecular flexibility index (Phi) is 6.43. The van der Waals surface area contributed by atoms with Crippen molar-refractivity contribution < 1.29 is 19.4 Å². The maximum absolute atomic E-state index is 13.0. The molecular weight excluding hydrogens is 432 g/mol. The summed E-state index contributed by atoms with van der Waals surface area (Å²) in [6.07, 6.45) is 4.00. The molecule has 1 aromatic heterocycles. The number of nitrogens with zero attached hydrogens (tertiary/aromatic N) is 2. The van der Waals surface area contributed by atoms with E-state index >= 15 is 0 Å². The van der Waals surface area contributed by atoms with Gasteiger partial charge in [0.05, 0.1) is 37.1 Å². The van der Waals surface area contributed by atoms with E-state index in [0.717, 1.165) is 29.6 Å². The van der Waals surface area contributed by atoms with Gasteiger partial charge in [0.1, 0.15) is 6.61 Å². The molecule has 1 amide bonds. The first kappa shape index (κ1) is 21.9. The molecule has 166 valence electrons. The molecule has 3 N–H and O–H groups in total. The van der Waals surface area contributed by atoms with E-state index in [4.69, 9.17) is 26.5 Å². The number of benzene rings is 2. The number of ether oxygens (including phenoxy) is 2. The number of imidazole rings is 1. The van der Waals surface area contributed by atoms with Crippen molar-refractivity contribution in [3.63, 3.8) is 0 Å². The smallest absolute Gasteiger partial charge is 0.299 e. The van der Waals surface area contributed by atoms with Gasteiger partial charge in [-0.1, -0.05) is 23.7 Å². The number of carbonyl (C=O) groups excluding carboxylic acids is 1. The van der Waals surface area contributed by atoms with E-state index in [1.807, 2.05) is 12.1 Å². The number of amides is 1. The molecule has 0 radical (unpaired) electrons. The summed E-state index contributed by atoms with van der Waals surface area (Å²) in [6.45, 7) is 0.174. The Labute approximate surface area is 190 Å². The Hall–Kier alpha value is -3.36. The van der Waals surface area contributed by atoms with Gasteiger partial charge in [-0.05, 0) is 48.6 Å². The van der Waals surface area contributed by atoms with Crippen molar-refractivity contribution in [3.8, 4) is 22.8 Å². The highest BCUT2D eigenvalue weighted by molar-refractivity contribution is 6.30. The number of aliphatic hydroxyl groups excluding tert-OH is 1. The number of H-pyrrole nitrogens is 1. The second kappa shape index (κ2) is 9.42. The fourth-order valence-corrected chi connectivity index (χ4v) is 3.41. The van der Waals surface area contributed by atoms with Crippen molar-refractivity contribution in [2.75, 3.05) is 18.6 Å². The minimum Gasteiger partial charge on any atom is -0.493 e. The lowest BCUT2D eigenvalue weighted by atomic mass is 10.2. The number of hydrogen-bond donors (Lipinski definition) is 3. The number of hydrogen-bond acceptors (Lipinski definition) is 6. The standard InChI is InChI=1S/C23H23ClN4O4/c1-31-21-10-17(8-9-20(21)32-12-19(29)15-2-3-15)28(13-25)23(30)22-26-11-18(27-22)14-4-6-16(24)7-5-14/h4-11,13,15,19,25,29H,2-3,12H2,1H3,(H,26,27). The Morgan fingerprint density at radius 1 is 1.31 bits per heavy atom. The van der Waals surface area contributed by atoms with E-state index in [1.54, 1.807) is 36.5 Å². The van der Waals surface area contributed by atoms with E-state index < -0.39 is 12.0 Å². The number of aromatic amines is 1. The molecule has 1 saturated carbocycles. The van der Waals surface area contributed by atoms with E-state index in [-0.39, 0.29) is 12.4 Å². The third kappa shape index (κ3) is 4.76. The van der Waals surface area contributed by atoms with E-state index in [9.17, 15) is 9.90 Å². The van der Waals surface area contributed by atoms with Crippen LogP contribution in [-0.2, 0) is 0 Å². The third-order valence-corrected chi connectivity index (χ3v) is 5.53. The van der Waals surface area contributed by atoms with Gasteiger partial charge in [0.15, 0.2) is 17.3 Å². The van der Waals surface area contributed by atoms with E-state index in [0.29, 0.717) is 33.8 Å². The number of anilines is 1. The zero-order chi connectivity index (χ0) is 22.7. The number of halogens is 1. The molecule has 1 unspecified atom stereocenters. The predicted molar refractivity (Wildman–Crippen MR) is 122 cm³/mol. The fraction of sp³-hybridized carbons (Fsp3) is 0.261. The molecule has 1 atom stereocenters. The van der Waals surface area contributed by atoms with Crippen LogP contribution in [0.4, 0.5) is 5.69 Å². The maximum atomic E-state index is 13.0. The van der Waals surface area contributed by atoms with E-state index in [1.165, 1.54) is 7.11 Å². The molecule has 0 bridgehead atoms. The zero-order valence-electron chi connectivity index (χ0n) is 17.4. The van der Waals surface area contributed by atoms with Gasteiger partial charge in [-0.15, -0.1) is 0 Å². The van der Waals surface area contributed by atoms with Crippen molar-refractivity contribution in [2.24, 2.45) is 5.92 Å². The minimum absolute atomic E-state index is 0.0882. The van der Waals surface area contributed by atoms with Crippen molar-refractivity contribution >= 4 is 29.5 Å². The number of aliphatic hydroxyl groups is 1. The third-order valence-electron chi connectivity index (χ3n) is 5.28. The zero-order valence-corrected chi connectivity index (χ0v) is 18.2. The molecule has 1 heterocycles. The van der Waals surface area contributed by atoms with E-state index in [2.05, 4.69) is 9.97 Å². The number of rotatable bonds is 9. The Balaban J connectivity index is 1.51. The molecule has 1 fully saturated rings. The highest BCUT2D eigenvalue weighted by Gasteiger charge is 2.30. The second-order valence-corrected chi connectivity index (χ2v) is 7.94. The molecule has 4 rings (SSSR count). The molecule has 32 heavy (non-hydrogen) atoms. The summed E-state index contributed by atoms with van der Waals surface area (Å²) in [4.78, 5) is 21.3. The molecule has 2 aromatic carbocycles. The molecule has 9 heteroatoms. The van der Waals surface area contributed by atoms with Crippen LogP contribution in [0.2, 0.25) is 5.02 Å². The van der Waals surface area contributed by atoms with Crippen LogP contribution in [0.15, 0.2) is 48.7 Å². The minimum atomic E-state index is -0.507. The van der Waals surface area contributed by atoms with Crippen LogP contribution in [0.1, 0.15) is 23.5 Å². The monoisotopic (exact) mass is 454 g/mol. The predicted octanol–water partition coefficient (Wildman–Crippen LogP) is 4.14. The highest BCUT2D eigenvalue weighted by atomic mass is 35.5. The molecule has 1 aliphatic carbocycles. The summed E-state index contributed by atoms with van der Waals surface area (Å²) in [7, 11) is 1.49. The molecule has 0 saturated heterocycles. The summed E-state index contributed by atoms with van der Waals surface area (Å²) in [5.41, 5.74) is 1.91. The van der Waals surface area contributed by atoms with Gasteiger partial charge in [-0.2, -0.15) is 0 Å². The Morgan fingerprint density at radius 2 is 2.06 bits per heavy atom. The van der Waals surface area contributed by atoms with Crippen LogP contribution in [0.3, 0.4) is 0 Å². The average molecular weight is 455 g/mol. The van der Waals surface area contributed by atoms with Crippen LogP contribution in [0.5, 0.6) is 11.5 Å². The summed E-state index contributed by atoms with van der Waals surface area (Å²) in [6, 6.07) is 12.0. The number of nitrogens with one attached hydrogen (secondary N) is 2. The highest BCUT2D eigenvalue weighted by Crippen LogP contribution is 2.35. The van der Waals surface area contributed by atoms with Crippen molar-refractivity contribution in [1.82, 2.24) is 9.97 Å². The first-order valence-electron chi connectivity index (χ1n) is 10.1. The second-order valence-electron chi connectivity index (χ2n) is 7.51. The van der Waals surface area contributed by atoms with Gasteiger partial charge in [0.2, 0.25) is 0 Å². The van der Waals surface area contributed by atoms with Crippen molar-refractivity contribution in [2.45, 2.75) is 18.9 Å². The van der Waals surface area contributed by atoms with Crippen molar-refractivity contribution in [3.05, 3.63) is 59.5 Å². The number of methoxy groups -OCH3 is 1. The average Bonchev–Trinajstić information content (AvgIpc) is 3.55. The van der Waals surface area contributed by atoms with Crippen LogP contribution in [0, 0.1) is 11.3 Å². The normalized spacial score (nSPS) is 14.0. The maximum Gasteiger partial charge on any atom is 0.299 e. The molecule has 0 aliphatic heterocycles. The number of aromatic nitrogens is 2. The van der Waals surface area contributed by atoms with Crippen LogP contribution in [-0.4, -0.2) is 47.1 Å². The number of carbonyl (C=O) groups is 1. The first-order valence-corrected chi connectivity index (χ1v) is 10.5. The van der Waals surface area contributed by atoms with Gasteiger partial charge < -0.3 is 19.6 Å². The molecule has 3 aromatic rings. The van der Waals surface area contributed by atoms with Gasteiger partial charge in [-0.3, -0.25) is 15.1 Å². The SMILES string of the molecule is COc1cc(N(C=N)C(=O)c2ncc(-c3ccc(Cl)cc3)[nH]2)ccc1OCC(O)C1CC1. The lowest BCUT2D eigenvalue weighted by molar-refractivity contribution is 0.0880. The van der Waals surface area contributed by atoms with Crippen LogP contribution < -0.4 is 14.4 Å². The fourth-order valence-electron chi connectivity index (χ4n) is 3.29. The van der Waals surface area contributed by atoms with Crippen LogP contribution in [0.25, 0.3) is 11.3 Å². The topological polar surface area (TPSA) is 112 Å². The lowest BCUT2D eigenvalue weighted by Crippen LogP contribution is -2.30. The summed E-state index contributed by atoms with van der Waals surface area (Å²) in [5, 5.41) is 18.4.